The van der Waals surface area contributed by atoms with Gasteiger partial charge in [0, 0.05) is 79.2 Å². The Labute approximate surface area is 511 Å². The minimum atomic E-state index is -1.37. The number of aliphatic imine (C=N–C) groups is 4. The van der Waals surface area contributed by atoms with E-state index in [-0.39, 0.29) is 147 Å². The van der Waals surface area contributed by atoms with Crippen LogP contribution in [0.4, 0.5) is 5.69 Å². The Hall–Kier alpha value is -9.66. The quantitative estimate of drug-likeness (QED) is 0.00577. The molecule has 31 nitrogen and oxygen atoms in total. The molecule has 87 heavy (non-hydrogen) atoms. The monoisotopic (exact) mass is 1250 g/mol. The number of carboxylic acid groups (broad SMARTS) is 1. The summed E-state index contributed by atoms with van der Waals surface area (Å²) in [6, 6.07) is 6.87. The van der Waals surface area contributed by atoms with Crippen LogP contribution in [0.1, 0.15) is 87.4 Å². The minimum absolute atomic E-state index is 0.00576. The molecule has 5 atom stereocenters. The Morgan fingerprint density at radius 3 is 1.49 bits per heavy atom. The second-order valence-electron chi connectivity index (χ2n) is 19.8. The molecule has 2 aliphatic rings. The van der Waals surface area contributed by atoms with Crippen molar-refractivity contribution in [3.63, 3.8) is 0 Å². The van der Waals surface area contributed by atoms with Gasteiger partial charge in [-0.05, 0) is 118 Å². The molecule has 1 aliphatic heterocycles. The summed E-state index contributed by atoms with van der Waals surface area (Å²) >= 11 is 9.60. The number of thiocarbonyl (C=S) groups is 1. The third-order valence-electron chi connectivity index (χ3n) is 13.0. The minimum Gasteiger partial charge on any atom is -0.508 e. The molecule has 2 aromatic carbocycles. The van der Waals surface area contributed by atoms with E-state index in [1.54, 1.807) is 24.3 Å². The van der Waals surface area contributed by atoms with Gasteiger partial charge in [0.15, 0.2) is 34.4 Å². The molecule has 1 heterocycles. The standard InChI is InChI=1S/C54H78N20O11S2/c55-44(78)39(27-86)74-48(82)38(11-7-23-67-53(62)63)73-47(81)37(10-6-22-66-52(60)61)72-46(80)36(9-5-21-65-51(58)59)71-45(79)35(8-4-20-64-50(56)57)70-42(77)12-2-1-3-19-68-54(87)69-28-13-16-31(34(24-28)49(83)84)43-32-17-14-29(75)25-40(32)85-41-26-30(76)15-18-33(41)43/h13-18,24-26,35-39,75,86H,1-12,19-23,27H2,(H2,55,78)(H,70,77)(H,71,79)(H,72,80)(H,73,81)(H,74,82)(H,83,84)(H4,56,57,64)(H4,58,59,65)(H4,60,61,66)(H4,62,63,67)(H2,68,69,87)/t35-,36-,37-,38-,39-/m0/s1. The maximum atomic E-state index is 14.3. The van der Waals surface area contributed by atoms with Crippen LogP contribution in [0.2, 0.25) is 0 Å². The highest BCUT2D eigenvalue weighted by molar-refractivity contribution is 7.80. The van der Waals surface area contributed by atoms with E-state index < -0.39 is 71.6 Å². The SMILES string of the molecule is NC(=O)[C@H](CS)NC(=O)[C@H](CCCN=C(N)N)NC(=O)[C@H](CCCN=C(N)N)NC(=O)[C@H](CCCN=C(N)N)NC(=O)[C@H](CCCN=C(N)N)NC(=O)CCCCCNC(=S)Nc1ccc(-c2c3ccc(=O)cc-3oc3cc(O)ccc23)c(C(=O)O)c1. The van der Waals surface area contributed by atoms with E-state index in [0.717, 1.165) is 0 Å². The van der Waals surface area contributed by atoms with Crippen molar-refractivity contribution in [1.29, 1.82) is 0 Å². The molecule has 0 fully saturated rings. The highest BCUT2D eigenvalue weighted by Gasteiger charge is 2.32. The predicted octanol–water partition coefficient (Wildman–Crippen LogP) is -2.13. The van der Waals surface area contributed by atoms with Crippen LogP contribution >= 0.6 is 24.8 Å². The number of rotatable bonds is 36. The molecule has 0 bridgehead atoms. The number of hydrogen-bond donors (Lipinski definition) is 19. The number of aromatic hydroxyl groups is 1. The van der Waals surface area contributed by atoms with Gasteiger partial charge in [-0.15, -0.1) is 0 Å². The molecule has 1 aliphatic carbocycles. The average molecular weight is 1250 g/mol. The Bertz CT molecular complexity index is 3220. The summed E-state index contributed by atoms with van der Waals surface area (Å²) in [6.07, 6.45) is 2.00. The number of phenols is 1. The number of nitrogens with two attached hydrogens (primary N) is 9. The molecule has 472 valence electrons. The van der Waals surface area contributed by atoms with Gasteiger partial charge in [0.25, 0.3) is 0 Å². The van der Waals surface area contributed by atoms with E-state index in [4.69, 9.17) is 68.2 Å². The number of anilines is 1. The first-order valence-corrected chi connectivity index (χ1v) is 28.7. The van der Waals surface area contributed by atoms with Gasteiger partial charge in [-0.1, -0.05) is 12.5 Å². The number of carbonyl (C=O) groups excluding carboxylic acids is 6. The van der Waals surface area contributed by atoms with Crippen LogP contribution in [0.3, 0.4) is 0 Å². The third-order valence-corrected chi connectivity index (χ3v) is 13.6. The molecule has 0 saturated carbocycles. The molecular formula is C54H78N20O11S2. The number of guanidine groups is 4. The van der Waals surface area contributed by atoms with Crippen molar-refractivity contribution in [2.75, 3.05) is 43.8 Å². The van der Waals surface area contributed by atoms with Gasteiger partial charge < -0.3 is 103 Å². The molecule has 0 saturated heterocycles. The molecule has 0 radical (unpaired) electrons. The van der Waals surface area contributed by atoms with E-state index >= 15 is 0 Å². The Morgan fingerprint density at radius 1 is 0.563 bits per heavy atom. The summed E-state index contributed by atoms with van der Waals surface area (Å²) in [6.45, 7) is 0.617. The number of carboxylic acids is 1. The van der Waals surface area contributed by atoms with Gasteiger partial charge in [0.05, 0.1) is 5.56 Å². The normalized spacial score (nSPS) is 12.6. The molecule has 0 spiro atoms. The lowest BCUT2D eigenvalue weighted by Crippen LogP contribution is -2.59. The number of thiol groups is 1. The Kier molecular flexibility index (Phi) is 28.6. The first-order valence-electron chi connectivity index (χ1n) is 27.6. The van der Waals surface area contributed by atoms with Crippen molar-refractivity contribution in [1.82, 2.24) is 31.9 Å². The van der Waals surface area contributed by atoms with Crippen molar-refractivity contribution >= 4 is 112 Å². The highest BCUT2D eigenvalue weighted by atomic mass is 32.1. The lowest BCUT2D eigenvalue weighted by atomic mass is 9.90. The lowest BCUT2D eigenvalue weighted by molar-refractivity contribution is -0.135. The fraction of sp³-hybridized carbons (Fsp3) is 0.426. The molecule has 2 aromatic rings. The van der Waals surface area contributed by atoms with Gasteiger partial charge in [0.2, 0.25) is 35.4 Å². The molecule has 0 aromatic heterocycles. The van der Waals surface area contributed by atoms with Crippen LogP contribution in [0.15, 0.2) is 83.8 Å². The third kappa shape index (κ3) is 24.1. The maximum Gasteiger partial charge on any atom is 0.336 e. The lowest BCUT2D eigenvalue weighted by Gasteiger charge is -2.27. The van der Waals surface area contributed by atoms with Gasteiger partial charge in [-0.25, -0.2) is 4.79 Å². The van der Waals surface area contributed by atoms with Gasteiger partial charge in [0.1, 0.15) is 47.3 Å². The number of carbonyl (C=O) groups is 7. The summed E-state index contributed by atoms with van der Waals surface area (Å²) < 4.78 is 5.92. The van der Waals surface area contributed by atoms with E-state index in [1.807, 2.05) is 0 Å². The Balaban J connectivity index is 1.44. The number of amides is 6. The van der Waals surface area contributed by atoms with Crippen molar-refractivity contribution in [3.05, 3.63) is 70.4 Å². The van der Waals surface area contributed by atoms with Crippen molar-refractivity contribution in [2.45, 2.75) is 107 Å². The fourth-order valence-corrected chi connectivity index (χ4v) is 9.27. The van der Waals surface area contributed by atoms with Gasteiger partial charge in [-0.2, -0.15) is 12.6 Å². The van der Waals surface area contributed by atoms with Crippen LogP contribution in [-0.4, -0.2) is 149 Å². The smallest absolute Gasteiger partial charge is 0.336 e. The number of unbranched alkanes of at least 4 members (excludes halogenated alkanes) is 2. The van der Waals surface area contributed by atoms with E-state index in [0.29, 0.717) is 53.6 Å². The highest BCUT2D eigenvalue weighted by Crippen LogP contribution is 2.42. The zero-order valence-electron chi connectivity index (χ0n) is 47.7. The van der Waals surface area contributed by atoms with E-state index in [1.165, 1.54) is 30.3 Å². The van der Waals surface area contributed by atoms with Crippen molar-refractivity contribution < 1.29 is 48.2 Å². The number of nitrogens with zero attached hydrogens (tertiary/aromatic N) is 4. The van der Waals surface area contributed by atoms with E-state index in [2.05, 4.69) is 69.8 Å². The molecular weight excluding hydrogens is 1170 g/mol. The fourth-order valence-electron chi connectivity index (χ4n) is 8.78. The van der Waals surface area contributed by atoms with Crippen molar-refractivity contribution in [2.24, 2.45) is 71.6 Å². The first-order chi connectivity index (χ1) is 41.4. The summed E-state index contributed by atoms with van der Waals surface area (Å²) in [5.74, 6) is -6.71. The molecule has 0 unspecified atom stereocenters. The largest absolute Gasteiger partial charge is 0.508 e. The number of nitrogens with one attached hydrogen (secondary N) is 7. The number of primary amides is 1. The number of aromatic carboxylic acids is 1. The van der Waals surface area contributed by atoms with Gasteiger partial charge >= 0.3 is 5.97 Å². The molecule has 6 amide bonds. The molecule has 27 N–H and O–H groups in total. The van der Waals surface area contributed by atoms with Gasteiger partial charge in [-0.3, -0.25) is 53.5 Å². The van der Waals surface area contributed by atoms with E-state index in [9.17, 15) is 48.6 Å². The zero-order valence-corrected chi connectivity index (χ0v) is 49.4. The number of fused-ring (bicyclic) bond motifs is 2. The van der Waals surface area contributed by atoms with Crippen LogP contribution < -0.4 is 94.2 Å². The van der Waals surface area contributed by atoms with Crippen molar-refractivity contribution in [3.8, 4) is 28.2 Å². The number of hydrogen-bond acceptors (Lipinski definition) is 16. The summed E-state index contributed by atoms with van der Waals surface area (Å²) in [7, 11) is 0. The molecule has 33 heteroatoms. The van der Waals surface area contributed by atoms with Crippen LogP contribution in [0.5, 0.6) is 5.75 Å². The summed E-state index contributed by atoms with van der Waals surface area (Å²) in [5, 5.41) is 40.5. The number of phenolic OH excluding ortho intramolecular Hbond substituents is 1. The predicted molar refractivity (Wildman–Crippen MR) is 338 cm³/mol. The van der Waals surface area contributed by atoms with Crippen LogP contribution in [0.25, 0.3) is 33.4 Å². The average Bonchev–Trinajstić information content (AvgIpc) is 0.988. The van der Waals surface area contributed by atoms with Crippen LogP contribution in [-0.2, 0) is 28.8 Å². The zero-order chi connectivity index (χ0) is 64.2. The summed E-state index contributed by atoms with van der Waals surface area (Å²) in [4.78, 5) is 122. The topological polar surface area (TPSA) is 558 Å². The molecule has 4 rings (SSSR count). The Morgan fingerprint density at radius 2 is 1.03 bits per heavy atom. The van der Waals surface area contributed by atoms with Crippen LogP contribution in [0, 0.1) is 0 Å². The summed E-state index contributed by atoms with van der Waals surface area (Å²) in [5.41, 5.74) is 51.0. The number of benzene rings is 3. The second kappa shape index (κ2) is 35.6. The maximum absolute atomic E-state index is 14.3. The first kappa shape index (κ1) is 69.8. The second-order valence-corrected chi connectivity index (χ2v) is 20.6.